The van der Waals surface area contributed by atoms with Crippen molar-refractivity contribution in [3.8, 4) is 0 Å². The van der Waals surface area contributed by atoms with Gasteiger partial charge in [-0.1, -0.05) is 50.6 Å². The topological polar surface area (TPSA) is 44.5 Å². The van der Waals surface area contributed by atoms with E-state index in [0.717, 1.165) is 32.0 Å². The molecule has 126 valence electrons. The molecule has 1 rings (SSSR count). The molecule has 0 fully saturated rings. The van der Waals surface area contributed by atoms with Crippen LogP contribution in [0.2, 0.25) is 0 Å². The van der Waals surface area contributed by atoms with Gasteiger partial charge in [0.15, 0.2) is 0 Å². The van der Waals surface area contributed by atoms with Gasteiger partial charge in [0.1, 0.15) is 0 Å². The van der Waals surface area contributed by atoms with E-state index in [9.17, 15) is 0 Å². The molecule has 0 spiro atoms. The van der Waals surface area contributed by atoms with Crippen LogP contribution in [0.5, 0.6) is 0 Å². The maximum Gasteiger partial charge on any atom is 0.0700 e. The predicted molar refractivity (Wildman–Crippen MR) is 93.2 cm³/mol. The molecule has 0 radical (unpaired) electrons. The van der Waals surface area contributed by atoms with Crippen LogP contribution in [-0.4, -0.2) is 33.0 Å². The van der Waals surface area contributed by atoms with Crippen LogP contribution in [0.1, 0.15) is 51.0 Å². The lowest BCUT2D eigenvalue weighted by Crippen LogP contribution is -2.11. The summed E-state index contributed by atoms with van der Waals surface area (Å²) < 4.78 is 11.2. The molecule has 0 heterocycles. The molecule has 0 aliphatic rings. The Kier molecular flexibility index (Phi) is 11.0. The standard InChI is InChI=1S/C19H33NO2/c1-3-17(2)16-19(18-8-5-4-6-9-18)10-13-22-15-14-21-12-7-11-20/h4-6,8-9,17,19H,3,7,10-16,20H2,1-2H3. The Balaban J connectivity index is 2.27. The van der Waals surface area contributed by atoms with E-state index in [2.05, 4.69) is 44.2 Å². The summed E-state index contributed by atoms with van der Waals surface area (Å²) in [5.41, 5.74) is 6.86. The van der Waals surface area contributed by atoms with Gasteiger partial charge in [-0.2, -0.15) is 0 Å². The Morgan fingerprint density at radius 3 is 2.32 bits per heavy atom. The average Bonchev–Trinajstić information content (AvgIpc) is 2.56. The number of rotatable bonds is 13. The first-order valence-corrected chi connectivity index (χ1v) is 8.68. The molecule has 1 aromatic rings. The van der Waals surface area contributed by atoms with Crippen LogP contribution in [0.15, 0.2) is 30.3 Å². The van der Waals surface area contributed by atoms with Crippen LogP contribution in [0.25, 0.3) is 0 Å². The van der Waals surface area contributed by atoms with Crippen molar-refractivity contribution in [2.24, 2.45) is 11.7 Å². The number of hydrogen-bond donors (Lipinski definition) is 1. The summed E-state index contributed by atoms with van der Waals surface area (Å²) in [4.78, 5) is 0. The van der Waals surface area contributed by atoms with Gasteiger partial charge in [0.2, 0.25) is 0 Å². The first kappa shape index (κ1) is 19.1. The minimum Gasteiger partial charge on any atom is -0.379 e. The molecule has 2 N–H and O–H groups in total. The molecule has 0 aliphatic carbocycles. The largest absolute Gasteiger partial charge is 0.379 e. The van der Waals surface area contributed by atoms with Crippen LogP contribution in [0.3, 0.4) is 0 Å². The molecule has 0 saturated heterocycles. The Labute approximate surface area is 136 Å². The van der Waals surface area contributed by atoms with E-state index in [1.54, 1.807) is 0 Å². The number of hydrogen-bond acceptors (Lipinski definition) is 3. The summed E-state index contributed by atoms with van der Waals surface area (Å²) >= 11 is 0. The van der Waals surface area contributed by atoms with Gasteiger partial charge in [-0.3, -0.25) is 0 Å². The zero-order chi connectivity index (χ0) is 16.0. The van der Waals surface area contributed by atoms with Crippen molar-refractivity contribution < 1.29 is 9.47 Å². The predicted octanol–water partition coefficient (Wildman–Crippen LogP) is 3.98. The van der Waals surface area contributed by atoms with E-state index in [0.29, 0.717) is 25.7 Å². The molecular formula is C19H33NO2. The molecule has 1 aromatic carbocycles. The number of nitrogens with two attached hydrogens (primary N) is 1. The first-order chi connectivity index (χ1) is 10.8. The summed E-state index contributed by atoms with van der Waals surface area (Å²) in [5, 5.41) is 0. The van der Waals surface area contributed by atoms with E-state index < -0.39 is 0 Å². The molecule has 0 aromatic heterocycles. The lowest BCUT2D eigenvalue weighted by molar-refractivity contribution is 0.0443. The molecule has 2 unspecified atom stereocenters. The van der Waals surface area contributed by atoms with Crippen molar-refractivity contribution >= 4 is 0 Å². The summed E-state index contributed by atoms with van der Waals surface area (Å²) in [6, 6.07) is 10.8. The molecule has 3 nitrogen and oxygen atoms in total. The van der Waals surface area contributed by atoms with Gasteiger partial charge in [0.05, 0.1) is 13.2 Å². The fourth-order valence-electron chi connectivity index (χ4n) is 2.53. The molecule has 3 heteroatoms. The van der Waals surface area contributed by atoms with Gasteiger partial charge in [-0.05, 0) is 43.2 Å². The summed E-state index contributed by atoms with van der Waals surface area (Å²) in [5.74, 6) is 1.35. The van der Waals surface area contributed by atoms with E-state index in [-0.39, 0.29) is 0 Å². The normalized spacial score (nSPS) is 14.0. The summed E-state index contributed by atoms with van der Waals surface area (Å²) in [7, 11) is 0. The van der Waals surface area contributed by atoms with Gasteiger partial charge in [-0.15, -0.1) is 0 Å². The van der Waals surface area contributed by atoms with E-state index >= 15 is 0 Å². The van der Waals surface area contributed by atoms with Crippen molar-refractivity contribution in [1.29, 1.82) is 0 Å². The Morgan fingerprint density at radius 1 is 1.00 bits per heavy atom. The highest BCUT2D eigenvalue weighted by molar-refractivity contribution is 5.19. The maximum absolute atomic E-state index is 5.72. The van der Waals surface area contributed by atoms with Gasteiger partial charge in [0.25, 0.3) is 0 Å². The first-order valence-electron chi connectivity index (χ1n) is 8.68. The molecule has 0 amide bonds. The van der Waals surface area contributed by atoms with E-state index in [1.165, 1.54) is 18.4 Å². The van der Waals surface area contributed by atoms with Gasteiger partial charge < -0.3 is 15.2 Å². The summed E-state index contributed by atoms with van der Waals surface area (Å²) in [6.45, 7) is 8.17. The monoisotopic (exact) mass is 307 g/mol. The van der Waals surface area contributed by atoms with Crippen LogP contribution < -0.4 is 5.73 Å². The Bertz CT molecular complexity index is 356. The third kappa shape index (κ3) is 8.52. The zero-order valence-electron chi connectivity index (χ0n) is 14.3. The second-order valence-corrected chi connectivity index (χ2v) is 6.01. The third-order valence-electron chi connectivity index (χ3n) is 4.13. The van der Waals surface area contributed by atoms with Crippen LogP contribution in [0.4, 0.5) is 0 Å². The zero-order valence-corrected chi connectivity index (χ0v) is 14.3. The SMILES string of the molecule is CCC(C)CC(CCOCCOCCCN)c1ccccc1. The quantitative estimate of drug-likeness (QED) is 0.561. The van der Waals surface area contributed by atoms with Crippen LogP contribution in [-0.2, 0) is 9.47 Å². The lowest BCUT2D eigenvalue weighted by Gasteiger charge is -2.21. The van der Waals surface area contributed by atoms with Crippen LogP contribution in [0, 0.1) is 5.92 Å². The van der Waals surface area contributed by atoms with Gasteiger partial charge in [0, 0.05) is 13.2 Å². The van der Waals surface area contributed by atoms with Crippen molar-refractivity contribution in [2.45, 2.75) is 45.4 Å². The minimum atomic E-state index is 0.592. The number of ether oxygens (including phenoxy) is 2. The Hall–Kier alpha value is -0.900. The highest BCUT2D eigenvalue weighted by atomic mass is 16.5. The third-order valence-corrected chi connectivity index (χ3v) is 4.13. The minimum absolute atomic E-state index is 0.592. The molecule has 0 aliphatic heterocycles. The number of benzene rings is 1. The highest BCUT2D eigenvalue weighted by Gasteiger charge is 2.14. The molecule has 22 heavy (non-hydrogen) atoms. The fourth-order valence-corrected chi connectivity index (χ4v) is 2.53. The molecule has 0 bridgehead atoms. The second kappa shape index (κ2) is 12.6. The lowest BCUT2D eigenvalue weighted by atomic mass is 9.86. The average molecular weight is 307 g/mol. The van der Waals surface area contributed by atoms with Gasteiger partial charge in [-0.25, -0.2) is 0 Å². The second-order valence-electron chi connectivity index (χ2n) is 6.01. The fraction of sp³-hybridized carbons (Fsp3) is 0.684. The van der Waals surface area contributed by atoms with Crippen molar-refractivity contribution in [1.82, 2.24) is 0 Å². The Morgan fingerprint density at radius 2 is 1.68 bits per heavy atom. The summed E-state index contributed by atoms with van der Waals surface area (Å²) in [6.07, 6.45) is 4.47. The molecule has 2 atom stereocenters. The van der Waals surface area contributed by atoms with Crippen molar-refractivity contribution in [3.63, 3.8) is 0 Å². The van der Waals surface area contributed by atoms with Crippen LogP contribution >= 0.6 is 0 Å². The molecule has 0 saturated carbocycles. The molecular weight excluding hydrogens is 274 g/mol. The highest BCUT2D eigenvalue weighted by Crippen LogP contribution is 2.28. The van der Waals surface area contributed by atoms with E-state index in [1.807, 2.05) is 0 Å². The van der Waals surface area contributed by atoms with Gasteiger partial charge >= 0.3 is 0 Å². The maximum atomic E-state index is 5.72. The van der Waals surface area contributed by atoms with E-state index in [4.69, 9.17) is 15.2 Å². The smallest absolute Gasteiger partial charge is 0.0700 e. The van der Waals surface area contributed by atoms with Crippen molar-refractivity contribution in [3.05, 3.63) is 35.9 Å². The van der Waals surface area contributed by atoms with Crippen molar-refractivity contribution in [2.75, 3.05) is 33.0 Å².